The zero-order valence-corrected chi connectivity index (χ0v) is 15.2. The van der Waals surface area contributed by atoms with Crippen molar-refractivity contribution in [2.45, 2.75) is 40.0 Å². The third kappa shape index (κ3) is 3.19. The van der Waals surface area contributed by atoms with E-state index in [9.17, 15) is 0 Å². The van der Waals surface area contributed by atoms with Gasteiger partial charge in [0.25, 0.3) is 0 Å². The fraction of sp³-hybridized carbons (Fsp3) is 0.421. The maximum Gasteiger partial charge on any atom is 0.122 e. The first-order valence-corrected chi connectivity index (χ1v) is 9.44. The Bertz CT molecular complexity index is 780. The Morgan fingerprint density at radius 1 is 1.17 bits per heavy atom. The SMILES string of the molecule is Cc1ccc(C)n1C[C@@H]1CN(Cc2cccs2)Cc2nccn2C1. The van der Waals surface area contributed by atoms with Gasteiger partial charge in [-0.25, -0.2) is 4.98 Å². The van der Waals surface area contributed by atoms with Gasteiger partial charge in [0.05, 0.1) is 6.54 Å². The molecule has 0 amide bonds. The maximum atomic E-state index is 4.58. The smallest absolute Gasteiger partial charge is 0.122 e. The average Bonchev–Trinajstić information content (AvgIpc) is 3.26. The zero-order valence-electron chi connectivity index (χ0n) is 14.4. The molecule has 0 spiro atoms. The van der Waals surface area contributed by atoms with E-state index in [2.05, 4.69) is 68.7 Å². The molecule has 126 valence electrons. The molecule has 24 heavy (non-hydrogen) atoms. The minimum Gasteiger partial charge on any atom is -0.349 e. The van der Waals surface area contributed by atoms with Crippen LogP contribution in [0.5, 0.6) is 0 Å². The summed E-state index contributed by atoms with van der Waals surface area (Å²) in [5, 5.41) is 2.16. The molecule has 3 aromatic rings. The second kappa shape index (κ2) is 6.57. The second-order valence-corrected chi connectivity index (χ2v) is 7.87. The maximum absolute atomic E-state index is 4.58. The molecule has 0 saturated heterocycles. The molecule has 0 aromatic carbocycles. The van der Waals surface area contributed by atoms with E-state index in [0.29, 0.717) is 5.92 Å². The van der Waals surface area contributed by atoms with Crippen molar-refractivity contribution < 1.29 is 0 Å². The van der Waals surface area contributed by atoms with Gasteiger partial charge in [-0.1, -0.05) is 6.07 Å². The van der Waals surface area contributed by atoms with E-state index in [1.54, 1.807) is 0 Å². The van der Waals surface area contributed by atoms with Gasteiger partial charge >= 0.3 is 0 Å². The molecule has 0 N–H and O–H groups in total. The van der Waals surface area contributed by atoms with Crippen LogP contribution in [0.25, 0.3) is 0 Å². The summed E-state index contributed by atoms with van der Waals surface area (Å²) in [6.07, 6.45) is 4.07. The van der Waals surface area contributed by atoms with Crippen molar-refractivity contribution in [3.05, 3.63) is 64.1 Å². The molecule has 4 rings (SSSR count). The molecule has 0 saturated carbocycles. The van der Waals surface area contributed by atoms with Crippen molar-refractivity contribution in [3.63, 3.8) is 0 Å². The molecular weight excluding hydrogens is 316 g/mol. The number of rotatable bonds is 4. The van der Waals surface area contributed by atoms with Crippen molar-refractivity contribution in [2.75, 3.05) is 6.54 Å². The summed E-state index contributed by atoms with van der Waals surface area (Å²) in [7, 11) is 0. The number of hydrogen-bond acceptors (Lipinski definition) is 3. The summed E-state index contributed by atoms with van der Waals surface area (Å²) >= 11 is 1.84. The van der Waals surface area contributed by atoms with Gasteiger partial charge in [-0.15, -0.1) is 11.3 Å². The Labute approximate surface area is 147 Å². The van der Waals surface area contributed by atoms with Gasteiger partial charge in [-0.05, 0) is 37.4 Å². The Kier molecular flexibility index (Phi) is 4.29. The summed E-state index contributed by atoms with van der Waals surface area (Å²) in [6, 6.07) is 8.82. The fourth-order valence-electron chi connectivity index (χ4n) is 3.73. The number of aromatic nitrogens is 3. The van der Waals surface area contributed by atoms with Crippen molar-refractivity contribution in [2.24, 2.45) is 5.92 Å². The molecule has 1 aliphatic rings. The standard InChI is InChI=1S/C19H24N4S/c1-15-5-6-16(2)23(15)12-17-10-21(13-18-4-3-9-24-18)14-19-20-7-8-22(19)11-17/h3-9,17H,10-14H2,1-2H3/t17-/m1/s1. The lowest BCUT2D eigenvalue weighted by Crippen LogP contribution is -2.30. The normalized spacial score (nSPS) is 18.5. The molecular formula is C19H24N4S. The molecule has 4 nitrogen and oxygen atoms in total. The largest absolute Gasteiger partial charge is 0.349 e. The lowest BCUT2D eigenvalue weighted by molar-refractivity contribution is 0.209. The lowest BCUT2D eigenvalue weighted by Gasteiger charge is -2.24. The number of imidazole rings is 1. The Morgan fingerprint density at radius 3 is 2.75 bits per heavy atom. The van der Waals surface area contributed by atoms with E-state index in [-0.39, 0.29) is 0 Å². The molecule has 5 heteroatoms. The minimum absolute atomic E-state index is 0.588. The van der Waals surface area contributed by atoms with Crippen LogP contribution < -0.4 is 0 Å². The van der Waals surface area contributed by atoms with Crippen LogP contribution in [0.15, 0.2) is 42.0 Å². The van der Waals surface area contributed by atoms with Gasteiger partial charge in [-0.3, -0.25) is 4.90 Å². The molecule has 1 atom stereocenters. The molecule has 0 fully saturated rings. The van der Waals surface area contributed by atoms with Crippen LogP contribution in [0.4, 0.5) is 0 Å². The number of thiophene rings is 1. The topological polar surface area (TPSA) is 26.0 Å². The van der Waals surface area contributed by atoms with Gasteiger partial charge in [0.1, 0.15) is 5.82 Å². The predicted molar refractivity (Wildman–Crippen MR) is 98.1 cm³/mol. The van der Waals surface area contributed by atoms with Crippen LogP contribution in [-0.4, -0.2) is 25.6 Å². The Balaban J connectivity index is 1.57. The Hall–Kier alpha value is -1.85. The summed E-state index contributed by atoms with van der Waals surface area (Å²) in [5.41, 5.74) is 2.71. The number of hydrogen-bond donors (Lipinski definition) is 0. The van der Waals surface area contributed by atoms with Gasteiger partial charge < -0.3 is 9.13 Å². The van der Waals surface area contributed by atoms with Crippen LogP contribution in [0.3, 0.4) is 0 Å². The molecule has 0 aliphatic carbocycles. The first kappa shape index (κ1) is 15.7. The van der Waals surface area contributed by atoms with Crippen LogP contribution in [0, 0.1) is 19.8 Å². The van der Waals surface area contributed by atoms with Crippen LogP contribution in [0.1, 0.15) is 22.1 Å². The summed E-state index contributed by atoms with van der Waals surface area (Å²) in [4.78, 5) is 8.57. The first-order chi connectivity index (χ1) is 11.7. The van der Waals surface area contributed by atoms with Crippen molar-refractivity contribution >= 4 is 11.3 Å². The number of fused-ring (bicyclic) bond motifs is 1. The van der Waals surface area contributed by atoms with E-state index in [4.69, 9.17) is 0 Å². The monoisotopic (exact) mass is 340 g/mol. The lowest BCUT2D eigenvalue weighted by atomic mass is 10.1. The van der Waals surface area contributed by atoms with Gasteiger partial charge in [-0.2, -0.15) is 0 Å². The third-order valence-electron chi connectivity index (χ3n) is 4.96. The second-order valence-electron chi connectivity index (χ2n) is 6.84. The molecule has 0 bridgehead atoms. The van der Waals surface area contributed by atoms with E-state index < -0.39 is 0 Å². The highest BCUT2D eigenvalue weighted by atomic mass is 32.1. The Morgan fingerprint density at radius 2 is 2.00 bits per heavy atom. The van der Waals surface area contributed by atoms with Crippen molar-refractivity contribution in [1.82, 2.24) is 19.0 Å². The molecule has 0 radical (unpaired) electrons. The molecule has 0 unspecified atom stereocenters. The van der Waals surface area contributed by atoms with Gasteiger partial charge in [0, 0.05) is 60.8 Å². The highest BCUT2D eigenvalue weighted by Crippen LogP contribution is 2.22. The average molecular weight is 340 g/mol. The van der Waals surface area contributed by atoms with E-state index in [0.717, 1.165) is 32.7 Å². The summed E-state index contributed by atoms with van der Waals surface area (Å²) < 4.78 is 4.79. The zero-order chi connectivity index (χ0) is 16.5. The van der Waals surface area contributed by atoms with Crippen molar-refractivity contribution in [1.29, 1.82) is 0 Å². The van der Waals surface area contributed by atoms with Crippen LogP contribution in [0.2, 0.25) is 0 Å². The van der Waals surface area contributed by atoms with Crippen LogP contribution >= 0.6 is 11.3 Å². The van der Waals surface area contributed by atoms with E-state index in [1.807, 2.05) is 17.5 Å². The minimum atomic E-state index is 0.588. The fourth-order valence-corrected chi connectivity index (χ4v) is 4.47. The van der Waals surface area contributed by atoms with E-state index in [1.165, 1.54) is 22.1 Å². The predicted octanol–water partition coefficient (Wildman–Crippen LogP) is 3.70. The highest BCUT2D eigenvalue weighted by Gasteiger charge is 2.23. The highest BCUT2D eigenvalue weighted by molar-refractivity contribution is 7.09. The third-order valence-corrected chi connectivity index (χ3v) is 5.82. The molecule has 1 aliphatic heterocycles. The van der Waals surface area contributed by atoms with E-state index >= 15 is 0 Å². The molecule has 3 aromatic heterocycles. The van der Waals surface area contributed by atoms with Crippen LogP contribution in [-0.2, 0) is 26.2 Å². The molecule has 4 heterocycles. The first-order valence-electron chi connectivity index (χ1n) is 8.56. The quantitative estimate of drug-likeness (QED) is 0.724. The summed E-state index contributed by atoms with van der Waals surface area (Å²) in [5.74, 6) is 1.78. The van der Waals surface area contributed by atoms with Gasteiger partial charge in [0.2, 0.25) is 0 Å². The number of nitrogens with zero attached hydrogens (tertiary/aromatic N) is 4. The van der Waals surface area contributed by atoms with Gasteiger partial charge in [0.15, 0.2) is 0 Å². The summed E-state index contributed by atoms with van der Waals surface area (Å²) in [6.45, 7) is 9.59. The van der Waals surface area contributed by atoms with Crippen molar-refractivity contribution in [3.8, 4) is 0 Å². The number of aryl methyl sites for hydroxylation is 2.